The van der Waals surface area contributed by atoms with Gasteiger partial charge in [0.1, 0.15) is 16.3 Å². The van der Waals surface area contributed by atoms with Crippen molar-refractivity contribution < 1.29 is 13.7 Å². The van der Waals surface area contributed by atoms with E-state index in [4.69, 9.17) is 4.74 Å². The van der Waals surface area contributed by atoms with Crippen LogP contribution >= 0.6 is 0 Å². The van der Waals surface area contributed by atoms with Crippen molar-refractivity contribution in [3.8, 4) is 11.4 Å². The number of anilines is 1. The summed E-state index contributed by atoms with van der Waals surface area (Å²) < 4.78 is 36.3. The van der Waals surface area contributed by atoms with E-state index in [0.717, 1.165) is 25.7 Å². The maximum absolute atomic E-state index is 14.0. The Hall–Kier alpha value is -2.88. The maximum Gasteiger partial charge on any atom is 0.316 e. The lowest BCUT2D eigenvalue weighted by atomic mass is 10.0. The highest BCUT2D eigenvalue weighted by Crippen LogP contribution is 2.31. The van der Waals surface area contributed by atoms with Crippen molar-refractivity contribution in [2.45, 2.75) is 57.3 Å². The molecule has 2 aromatic carbocycles. The van der Waals surface area contributed by atoms with Gasteiger partial charge < -0.3 is 14.2 Å². The lowest BCUT2D eigenvalue weighted by Gasteiger charge is -2.39. The van der Waals surface area contributed by atoms with E-state index in [1.165, 1.54) is 27.9 Å². The molecule has 2 heterocycles. The quantitative estimate of drug-likeness (QED) is 0.357. The Labute approximate surface area is 226 Å². The first kappa shape index (κ1) is 26.7. The lowest BCUT2D eigenvalue weighted by molar-refractivity contribution is 0.181. The number of ether oxygens (including phenoxy) is 1. The Bertz CT molecular complexity index is 1310. The fourth-order valence-electron chi connectivity index (χ4n) is 5.15. The molecule has 0 bridgehead atoms. The molecule has 202 valence electrons. The van der Waals surface area contributed by atoms with Crippen LogP contribution < -0.4 is 15.2 Å². The number of aromatic nitrogens is 2. The van der Waals surface area contributed by atoms with Crippen molar-refractivity contribution in [3.05, 3.63) is 82.0 Å². The minimum atomic E-state index is -1.10. The van der Waals surface area contributed by atoms with Crippen molar-refractivity contribution in [2.75, 3.05) is 31.1 Å². The molecule has 3 aromatic rings. The first-order valence-electron chi connectivity index (χ1n) is 13.2. The van der Waals surface area contributed by atoms with Gasteiger partial charge in [-0.15, -0.1) is 4.31 Å². The number of nitrogens with zero attached hydrogens (tertiary/aromatic N) is 4. The number of halogens is 1. The van der Waals surface area contributed by atoms with Gasteiger partial charge in [-0.3, -0.25) is 4.79 Å². The molecule has 5 rings (SSSR count). The third kappa shape index (κ3) is 5.75. The van der Waals surface area contributed by atoms with Crippen LogP contribution in [0.4, 0.5) is 10.1 Å². The fourth-order valence-corrected chi connectivity index (χ4v) is 6.42. The molecule has 2 aliphatic rings. The normalized spacial score (nSPS) is 18.1. The van der Waals surface area contributed by atoms with Crippen LogP contribution in [0.5, 0.6) is 5.75 Å². The van der Waals surface area contributed by atoms with Crippen LogP contribution in [0.1, 0.15) is 44.7 Å². The molecule has 1 fully saturated rings. The van der Waals surface area contributed by atoms with Gasteiger partial charge in [-0.1, -0.05) is 30.3 Å². The number of piperazine rings is 1. The fraction of sp³-hybridized carbons (Fsp3) is 0.448. The van der Waals surface area contributed by atoms with Crippen molar-refractivity contribution in [1.82, 2.24) is 14.1 Å². The monoisotopic (exact) mass is 538 g/mol. The van der Waals surface area contributed by atoms with Gasteiger partial charge in [0.15, 0.2) is 0 Å². The molecule has 1 saturated heterocycles. The van der Waals surface area contributed by atoms with E-state index in [9.17, 15) is 13.7 Å². The summed E-state index contributed by atoms with van der Waals surface area (Å²) in [5.74, 6) is -0.196. The number of rotatable bonds is 5. The number of fused-ring (bicyclic) bond motifs is 1. The number of hydrogen-bond donors (Lipinski definition) is 0. The highest BCUT2D eigenvalue weighted by Gasteiger charge is 2.36. The van der Waals surface area contributed by atoms with Gasteiger partial charge >= 0.3 is 5.56 Å². The molecule has 7 nitrogen and oxygen atoms in total. The Balaban J connectivity index is 1.44. The van der Waals surface area contributed by atoms with Crippen LogP contribution in [0.15, 0.2) is 59.5 Å². The summed E-state index contributed by atoms with van der Waals surface area (Å²) in [7, 11) is 0. The van der Waals surface area contributed by atoms with E-state index in [-0.39, 0.29) is 16.6 Å². The van der Waals surface area contributed by atoms with E-state index >= 15 is 0 Å². The van der Waals surface area contributed by atoms with Crippen LogP contribution in [0.3, 0.4) is 0 Å². The van der Waals surface area contributed by atoms with Crippen LogP contribution in [0.25, 0.3) is 5.69 Å². The highest BCUT2D eigenvalue weighted by molar-refractivity contribution is 7.90. The van der Waals surface area contributed by atoms with Crippen LogP contribution in [0, 0.1) is 5.82 Å². The molecule has 1 unspecified atom stereocenters. The second kappa shape index (κ2) is 11.1. The smallest absolute Gasteiger partial charge is 0.316 e. The summed E-state index contributed by atoms with van der Waals surface area (Å²) in [5.41, 5.74) is 3.23. The molecule has 1 aromatic heterocycles. The van der Waals surface area contributed by atoms with Gasteiger partial charge in [0.05, 0.1) is 31.1 Å². The third-order valence-corrected chi connectivity index (χ3v) is 9.06. The van der Waals surface area contributed by atoms with Gasteiger partial charge in [-0.2, -0.15) is 9.78 Å². The molecule has 1 aliphatic carbocycles. The Morgan fingerprint density at radius 3 is 2.26 bits per heavy atom. The van der Waals surface area contributed by atoms with E-state index in [0.29, 0.717) is 37.6 Å². The molecular formula is C29H35FN4O3S. The van der Waals surface area contributed by atoms with E-state index in [1.807, 2.05) is 25.1 Å². The van der Waals surface area contributed by atoms with Gasteiger partial charge in [-0.25, -0.2) is 4.39 Å². The highest BCUT2D eigenvalue weighted by atomic mass is 32.2. The first-order valence-corrected chi connectivity index (χ1v) is 14.3. The molecule has 0 N–H and O–H groups in total. The molecule has 0 saturated carbocycles. The minimum absolute atomic E-state index is 0.133. The summed E-state index contributed by atoms with van der Waals surface area (Å²) in [4.78, 5) is 15.9. The summed E-state index contributed by atoms with van der Waals surface area (Å²) >= 11 is -1.10. The Morgan fingerprint density at radius 2 is 1.66 bits per heavy atom. The zero-order valence-electron chi connectivity index (χ0n) is 22.2. The van der Waals surface area contributed by atoms with Gasteiger partial charge in [-0.05, 0) is 75.8 Å². The molecule has 0 amide bonds. The number of hydrogen-bond acceptors (Lipinski definition) is 6. The second-order valence-corrected chi connectivity index (χ2v) is 13.2. The van der Waals surface area contributed by atoms with E-state index < -0.39 is 22.7 Å². The van der Waals surface area contributed by atoms with Crippen molar-refractivity contribution >= 4 is 17.0 Å². The summed E-state index contributed by atoms with van der Waals surface area (Å²) in [6.45, 7) is 8.33. The summed E-state index contributed by atoms with van der Waals surface area (Å²) in [6, 6.07) is 14.3. The molecule has 38 heavy (non-hydrogen) atoms. The average molecular weight is 539 g/mol. The third-order valence-electron chi connectivity index (χ3n) is 7.18. The standard InChI is InChI=1S/C29H35FN4O3S/c1-29(2,3)38(36)33-17-15-32(16-18-33)26-20-31-34(24-10-6-9-23(30)19-24)28(35)27(26)37-25-13-11-21-7-4-5-8-22(21)12-14-25/h4-10,19-20,25H,11-18H2,1-3H3. The van der Waals surface area contributed by atoms with E-state index in [1.54, 1.807) is 18.3 Å². The van der Waals surface area contributed by atoms with Gasteiger partial charge in [0.2, 0.25) is 5.75 Å². The van der Waals surface area contributed by atoms with Crippen LogP contribution in [-0.4, -0.2) is 55.7 Å². The van der Waals surface area contributed by atoms with Gasteiger partial charge in [0, 0.05) is 24.5 Å². The molecule has 9 heteroatoms. The summed E-state index contributed by atoms with van der Waals surface area (Å²) in [5, 5.41) is 4.41. The van der Waals surface area contributed by atoms with Crippen molar-refractivity contribution in [1.29, 1.82) is 0 Å². The first-order chi connectivity index (χ1) is 18.2. The molecule has 0 radical (unpaired) electrons. The van der Waals surface area contributed by atoms with Crippen LogP contribution in [0.2, 0.25) is 0 Å². The minimum Gasteiger partial charge on any atom is -0.597 e. The number of aryl methyl sites for hydroxylation is 2. The average Bonchev–Trinajstić information content (AvgIpc) is 3.11. The largest absolute Gasteiger partial charge is 0.597 e. The van der Waals surface area contributed by atoms with Crippen molar-refractivity contribution in [2.24, 2.45) is 0 Å². The maximum atomic E-state index is 14.0. The topological polar surface area (TPSA) is 73.7 Å². The zero-order valence-corrected chi connectivity index (χ0v) is 23.0. The van der Waals surface area contributed by atoms with Gasteiger partial charge in [0.25, 0.3) is 0 Å². The predicted molar refractivity (Wildman–Crippen MR) is 149 cm³/mol. The number of benzene rings is 2. The van der Waals surface area contributed by atoms with Crippen LogP contribution in [-0.2, 0) is 24.2 Å². The summed E-state index contributed by atoms with van der Waals surface area (Å²) in [6.07, 6.45) is 4.89. The molecule has 0 spiro atoms. The zero-order chi connectivity index (χ0) is 26.9. The SMILES string of the molecule is CC(C)(C)[S+]([O-])N1CCN(c2cnn(-c3cccc(F)c3)c(=O)c2OC2CCc3ccccc3CC2)CC1. The van der Waals surface area contributed by atoms with Crippen molar-refractivity contribution in [3.63, 3.8) is 0 Å². The predicted octanol–water partition coefficient (Wildman–Crippen LogP) is 4.28. The molecule has 1 atom stereocenters. The van der Waals surface area contributed by atoms with E-state index in [2.05, 4.69) is 34.3 Å². The molecule has 1 aliphatic heterocycles. The molecular weight excluding hydrogens is 503 g/mol. The Kier molecular flexibility index (Phi) is 7.79. The Morgan fingerprint density at radius 1 is 1.00 bits per heavy atom. The lowest BCUT2D eigenvalue weighted by Crippen LogP contribution is -2.53. The second-order valence-electron chi connectivity index (χ2n) is 10.9.